The van der Waals surface area contributed by atoms with Crippen molar-refractivity contribution in [3.8, 4) is 17.2 Å². The topological polar surface area (TPSA) is 197 Å². The van der Waals surface area contributed by atoms with E-state index in [1.54, 1.807) is 25.4 Å². The fraction of sp³-hybridized carbons (Fsp3) is 0.426. The molecule has 72 heavy (non-hydrogen) atoms. The summed E-state index contributed by atoms with van der Waals surface area (Å²) in [6.07, 6.45) is 10.5. The van der Waals surface area contributed by atoms with E-state index in [2.05, 4.69) is 85.0 Å². The first-order chi connectivity index (χ1) is 34.8. The van der Waals surface area contributed by atoms with Crippen molar-refractivity contribution in [2.45, 2.75) is 81.8 Å². The number of aromatic nitrogens is 3. The first-order valence-corrected chi connectivity index (χ1v) is 26.5. The third-order valence-corrected chi connectivity index (χ3v) is 16.7. The van der Waals surface area contributed by atoms with E-state index in [4.69, 9.17) is 19.2 Å². The van der Waals surface area contributed by atoms with E-state index < -0.39 is 31.4 Å². The maximum atomic E-state index is 14.0. The summed E-state index contributed by atoms with van der Waals surface area (Å²) in [5.74, 6) is 1.57. The second kappa shape index (κ2) is 20.9. The predicted octanol–water partition coefficient (Wildman–Crippen LogP) is 9.06. The number of fused-ring (bicyclic) bond motifs is 1. The van der Waals surface area contributed by atoms with Gasteiger partial charge in [0.1, 0.15) is 40.0 Å². The Balaban J connectivity index is 0.835. The lowest BCUT2D eigenvalue weighted by molar-refractivity contribution is -0.384. The van der Waals surface area contributed by atoms with Gasteiger partial charge in [0.15, 0.2) is 0 Å². The Bertz CT molecular complexity index is 3020. The number of amides is 1. The normalized spacial score (nSPS) is 19.1. The van der Waals surface area contributed by atoms with Gasteiger partial charge in [-0.3, -0.25) is 24.7 Å². The molecule has 18 heteroatoms. The highest BCUT2D eigenvalue weighted by atomic mass is 32.2. The lowest BCUT2D eigenvalue weighted by Gasteiger charge is -2.58. The summed E-state index contributed by atoms with van der Waals surface area (Å²) >= 11 is 0. The van der Waals surface area contributed by atoms with Gasteiger partial charge in [0.05, 0.1) is 23.1 Å². The van der Waals surface area contributed by atoms with Crippen LogP contribution in [-0.2, 0) is 21.3 Å². The van der Waals surface area contributed by atoms with Crippen molar-refractivity contribution in [2.24, 2.45) is 11.3 Å². The highest BCUT2D eigenvalue weighted by molar-refractivity contribution is 7.90. The minimum atomic E-state index is -4.59. The van der Waals surface area contributed by atoms with Crippen molar-refractivity contribution in [3.63, 3.8) is 0 Å². The van der Waals surface area contributed by atoms with E-state index in [1.165, 1.54) is 41.2 Å². The van der Waals surface area contributed by atoms with Gasteiger partial charge >= 0.3 is 0 Å². The number of H-pyrrole nitrogens is 1. The van der Waals surface area contributed by atoms with Crippen LogP contribution in [-0.4, -0.2) is 110 Å². The number of nitro benzene ring substituents is 1. The van der Waals surface area contributed by atoms with Crippen molar-refractivity contribution in [1.29, 1.82) is 0 Å². The van der Waals surface area contributed by atoms with Crippen LogP contribution in [0.3, 0.4) is 0 Å². The number of carbonyl (C=O) groups is 1. The molecule has 3 N–H and O–H groups in total. The number of carbonyl (C=O) groups excluding carboxylic acids is 1. The molecule has 1 atom stereocenters. The van der Waals surface area contributed by atoms with Gasteiger partial charge < -0.3 is 29.4 Å². The lowest BCUT2D eigenvalue weighted by Crippen LogP contribution is -2.60. The van der Waals surface area contributed by atoms with Gasteiger partial charge in [-0.1, -0.05) is 50.2 Å². The highest BCUT2D eigenvalue weighted by Crippen LogP contribution is 2.53. The third-order valence-electron chi connectivity index (χ3n) is 15.3. The molecule has 4 aliphatic rings. The fourth-order valence-corrected chi connectivity index (χ4v) is 12.2. The number of hydrogen-bond acceptors (Lipinski definition) is 14. The smallest absolute Gasteiger partial charge is 0.293 e. The molecular formula is C54H63N9O8S. The van der Waals surface area contributed by atoms with Crippen molar-refractivity contribution < 1.29 is 32.3 Å². The average Bonchev–Trinajstić information content (AvgIpc) is 3.86. The first kappa shape index (κ1) is 49.0. The lowest BCUT2D eigenvalue weighted by atomic mass is 9.59. The van der Waals surface area contributed by atoms with Gasteiger partial charge in [0, 0.05) is 101 Å². The van der Waals surface area contributed by atoms with E-state index in [0.717, 1.165) is 95.0 Å². The van der Waals surface area contributed by atoms with Gasteiger partial charge in [-0.05, 0) is 109 Å². The number of nitrogens with one attached hydrogen (secondary N) is 3. The molecule has 1 amide bonds. The van der Waals surface area contributed by atoms with Crippen LogP contribution in [0.2, 0.25) is 0 Å². The summed E-state index contributed by atoms with van der Waals surface area (Å²) < 4.78 is 46.9. The number of nitro groups is 1. The zero-order valence-electron chi connectivity index (χ0n) is 41.1. The number of piperazine rings is 1. The average molecular weight is 998 g/mol. The molecule has 3 aliphatic heterocycles. The monoisotopic (exact) mass is 997 g/mol. The third kappa shape index (κ3) is 10.6. The highest BCUT2D eigenvalue weighted by Gasteiger charge is 2.50. The van der Waals surface area contributed by atoms with Gasteiger partial charge in [-0.15, -0.1) is 0 Å². The Morgan fingerprint density at radius 1 is 0.944 bits per heavy atom. The molecule has 3 saturated heterocycles. The maximum absolute atomic E-state index is 14.0. The number of aromatic amines is 1. The first-order valence-electron chi connectivity index (χ1n) is 25.1. The summed E-state index contributed by atoms with van der Waals surface area (Å²) in [7, 11) is -2.89. The number of pyridine rings is 2. The van der Waals surface area contributed by atoms with Gasteiger partial charge in [-0.25, -0.2) is 23.1 Å². The summed E-state index contributed by atoms with van der Waals surface area (Å²) in [6, 6.07) is 27.0. The zero-order chi connectivity index (χ0) is 50.0. The molecule has 17 nitrogen and oxygen atoms in total. The Hall–Kier alpha value is -6.60. The van der Waals surface area contributed by atoms with E-state index >= 15 is 0 Å². The number of ether oxygens (including phenoxy) is 3. The molecular weight excluding hydrogens is 935 g/mol. The Kier molecular flexibility index (Phi) is 14.2. The quantitative estimate of drug-likeness (QED) is 0.0613. The van der Waals surface area contributed by atoms with Gasteiger partial charge in [0.25, 0.3) is 21.6 Å². The largest absolute Gasteiger partial charge is 0.497 e. The maximum Gasteiger partial charge on any atom is 0.293 e. The van der Waals surface area contributed by atoms with Crippen molar-refractivity contribution in [1.82, 2.24) is 29.5 Å². The number of anilines is 2. The van der Waals surface area contributed by atoms with E-state index in [0.29, 0.717) is 48.9 Å². The van der Waals surface area contributed by atoms with E-state index in [-0.39, 0.29) is 34.4 Å². The van der Waals surface area contributed by atoms with Crippen LogP contribution in [0.25, 0.3) is 11.0 Å². The van der Waals surface area contributed by atoms with Crippen LogP contribution in [0.1, 0.15) is 91.4 Å². The molecule has 3 aromatic heterocycles. The number of sulfonamides is 1. The Morgan fingerprint density at radius 3 is 2.47 bits per heavy atom. The molecule has 0 unspecified atom stereocenters. The summed E-state index contributed by atoms with van der Waals surface area (Å²) in [5.41, 5.74) is 4.63. The molecule has 4 fully saturated rings. The van der Waals surface area contributed by atoms with E-state index in [9.17, 15) is 23.3 Å². The molecule has 378 valence electrons. The van der Waals surface area contributed by atoms with Crippen LogP contribution in [0.15, 0.2) is 108 Å². The molecule has 0 bridgehead atoms. The van der Waals surface area contributed by atoms with E-state index in [1.807, 2.05) is 18.2 Å². The van der Waals surface area contributed by atoms with Crippen LogP contribution in [0.5, 0.6) is 17.2 Å². The fourth-order valence-electron chi connectivity index (χ4n) is 11.2. The molecule has 6 heterocycles. The molecule has 1 saturated carbocycles. The zero-order valence-corrected chi connectivity index (χ0v) is 41.9. The number of rotatable bonds is 16. The van der Waals surface area contributed by atoms with Crippen LogP contribution < -0.4 is 24.4 Å². The minimum absolute atomic E-state index is 0.0888. The Labute approximate surface area is 420 Å². The number of piperidine rings is 1. The molecule has 0 radical (unpaired) electrons. The van der Waals surface area contributed by atoms with Crippen LogP contribution in [0.4, 0.5) is 17.2 Å². The SMILES string of the molecule is COc1ccc(CN2CCN(C3CC4(CCN(c5cc(Oc6cnc7[nH]ccc7c6)c(C(=O)NS(=O)(=O)c6ccc(NCC7CCOCC7)c([N+](=O)[O-])c6)cn5)CC4)C3)[C@H](c3ccccc3C(C)C)C2)cc1. The van der Waals surface area contributed by atoms with Crippen LogP contribution >= 0.6 is 0 Å². The number of benzene rings is 3. The second-order valence-electron chi connectivity index (χ2n) is 20.2. The molecule has 3 aromatic carbocycles. The minimum Gasteiger partial charge on any atom is -0.497 e. The Morgan fingerprint density at radius 2 is 1.72 bits per heavy atom. The van der Waals surface area contributed by atoms with Crippen molar-refractivity contribution in [2.75, 3.05) is 69.8 Å². The van der Waals surface area contributed by atoms with Crippen LogP contribution in [0, 0.1) is 21.4 Å². The predicted molar refractivity (Wildman–Crippen MR) is 275 cm³/mol. The van der Waals surface area contributed by atoms with Crippen molar-refractivity contribution in [3.05, 3.63) is 136 Å². The summed E-state index contributed by atoms with van der Waals surface area (Å²) in [5, 5.41) is 16.1. The number of hydrogen-bond donors (Lipinski definition) is 3. The summed E-state index contributed by atoms with van der Waals surface area (Å²) in [6.45, 7) is 11.7. The standard InChI is InChI=1S/C54H63N9O8S/c1-36(2)44-6-4-5-7-45(44)49-35-60(34-38-8-10-41(69-3)11-9-38)22-23-62(49)40-29-54(30-40)17-20-61(21-18-54)51-28-50(71-42-26-39-14-19-55-52(39)58-32-42)46(33-57-51)53(64)59-72(67,68)43-12-13-47(48(27-43)63(65)66)56-31-37-15-24-70-25-16-37/h4-14,19,26-28,32-33,36-37,40,49,56H,15-18,20-25,29-31,34-35H2,1-3H3,(H,55,58)(H,59,64)/t49-/m0/s1. The molecule has 6 aromatic rings. The van der Waals surface area contributed by atoms with Gasteiger partial charge in [-0.2, -0.15) is 0 Å². The van der Waals surface area contributed by atoms with Crippen molar-refractivity contribution >= 4 is 44.2 Å². The van der Waals surface area contributed by atoms with Gasteiger partial charge in [0.2, 0.25) is 0 Å². The molecule has 1 spiro atoms. The second-order valence-corrected chi connectivity index (χ2v) is 21.9. The molecule has 1 aliphatic carbocycles. The number of methoxy groups -OCH3 is 1. The molecule has 10 rings (SSSR count). The summed E-state index contributed by atoms with van der Waals surface area (Å²) in [4.78, 5) is 44.9. The number of nitrogens with zero attached hydrogens (tertiary/aromatic N) is 6.